The predicted octanol–water partition coefficient (Wildman–Crippen LogP) is 1.67. The van der Waals surface area contributed by atoms with Gasteiger partial charge in [0.1, 0.15) is 5.65 Å². The summed E-state index contributed by atoms with van der Waals surface area (Å²) in [5, 5.41) is 1.09. The molecule has 4 rings (SSSR count). The fourth-order valence-electron chi connectivity index (χ4n) is 3.19. The summed E-state index contributed by atoms with van der Waals surface area (Å²) in [6.45, 7) is 4.09. The number of pyridine rings is 2. The zero-order valence-corrected chi connectivity index (χ0v) is 13.0. The maximum atomic E-state index is 11.6. The van der Waals surface area contributed by atoms with Gasteiger partial charge in [-0.15, -0.1) is 0 Å². The maximum absolute atomic E-state index is 11.6. The summed E-state index contributed by atoms with van der Waals surface area (Å²) in [7, 11) is 2.15. The molecule has 6 nitrogen and oxygen atoms in total. The smallest absolute Gasteiger partial charge is 0.248 e. The summed E-state index contributed by atoms with van der Waals surface area (Å²) >= 11 is 0. The lowest BCUT2D eigenvalue weighted by molar-refractivity contribution is 0.313. The van der Waals surface area contributed by atoms with Crippen LogP contribution in [0.2, 0.25) is 0 Å². The van der Waals surface area contributed by atoms with Crippen molar-refractivity contribution in [1.82, 2.24) is 19.9 Å². The Balaban J connectivity index is 1.86. The van der Waals surface area contributed by atoms with E-state index in [0.29, 0.717) is 0 Å². The highest BCUT2D eigenvalue weighted by atomic mass is 16.1. The van der Waals surface area contributed by atoms with Gasteiger partial charge >= 0.3 is 0 Å². The third-order valence-corrected chi connectivity index (χ3v) is 4.48. The van der Waals surface area contributed by atoms with Crippen LogP contribution in [0.4, 0.5) is 5.69 Å². The number of rotatable bonds is 2. The number of H-pyrrole nitrogens is 2. The Hall–Kier alpha value is -2.60. The molecule has 0 spiro atoms. The Morgan fingerprint density at radius 3 is 2.74 bits per heavy atom. The van der Waals surface area contributed by atoms with E-state index in [4.69, 9.17) is 0 Å². The summed E-state index contributed by atoms with van der Waals surface area (Å²) in [6.07, 6.45) is 5.46. The minimum atomic E-state index is -0.0955. The highest BCUT2D eigenvalue weighted by Crippen LogP contribution is 2.34. The average Bonchev–Trinajstić information content (AvgIpc) is 3.00. The van der Waals surface area contributed by atoms with E-state index in [2.05, 4.69) is 37.9 Å². The van der Waals surface area contributed by atoms with E-state index in [1.54, 1.807) is 12.3 Å². The predicted molar refractivity (Wildman–Crippen MR) is 91.9 cm³/mol. The van der Waals surface area contributed by atoms with Gasteiger partial charge in [0.25, 0.3) is 0 Å². The van der Waals surface area contributed by atoms with Crippen molar-refractivity contribution < 1.29 is 0 Å². The SMILES string of the molecule is CN1CCN(c2ccnc3[nH]cc(-c4cc[nH]c(=O)c4)c23)CC1. The number of nitrogens with zero attached hydrogens (tertiary/aromatic N) is 3. The number of hydrogen-bond donors (Lipinski definition) is 2. The molecule has 23 heavy (non-hydrogen) atoms. The molecule has 3 aromatic rings. The summed E-state index contributed by atoms with van der Waals surface area (Å²) in [4.78, 5) is 26.7. The Morgan fingerprint density at radius 2 is 1.96 bits per heavy atom. The second-order valence-electron chi connectivity index (χ2n) is 5.99. The lowest BCUT2D eigenvalue weighted by atomic mass is 10.1. The molecule has 118 valence electrons. The van der Waals surface area contributed by atoms with Gasteiger partial charge in [-0.2, -0.15) is 0 Å². The van der Waals surface area contributed by atoms with Crippen molar-refractivity contribution in [3.63, 3.8) is 0 Å². The van der Waals surface area contributed by atoms with E-state index in [0.717, 1.165) is 48.3 Å². The number of likely N-dealkylation sites (N-methyl/N-ethyl adjacent to an activating group) is 1. The number of aromatic amines is 2. The molecule has 0 saturated carbocycles. The molecule has 0 radical (unpaired) electrons. The Kier molecular flexibility index (Phi) is 3.38. The first-order valence-electron chi connectivity index (χ1n) is 7.81. The Bertz CT molecular complexity index is 889. The van der Waals surface area contributed by atoms with Crippen LogP contribution in [0.15, 0.2) is 41.6 Å². The first-order valence-corrected chi connectivity index (χ1v) is 7.81. The van der Waals surface area contributed by atoms with E-state index >= 15 is 0 Å². The first kappa shape index (κ1) is 14.0. The van der Waals surface area contributed by atoms with Crippen molar-refractivity contribution >= 4 is 16.7 Å². The van der Waals surface area contributed by atoms with Crippen LogP contribution in [-0.4, -0.2) is 53.1 Å². The van der Waals surface area contributed by atoms with Crippen LogP contribution >= 0.6 is 0 Å². The van der Waals surface area contributed by atoms with Gasteiger partial charge in [-0.25, -0.2) is 4.98 Å². The van der Waals surface area contributed by atoms with Gasteiger partial charge in [0.15, 0.2) is 0 Å². The van der Waals surface area contributed by atoms with Crippen molar-refractivity contribution in [3.05, 3.63) is 47.1 Å². The van der Waals surface area contributed by atoms with Crippen LogP contribution in [0.25, 0.3) is 22.2 Å². The molecule has 0 aromatic carbocycles. The fraction of sp³-hybridized carbons (Fsp3) is 0.294. The lowest BCUT2D eigenvalue weighted by Gasteiger charge is -2.34. The minimum absolute atomic E-state index is 0.0955. The van der Waals surface area contributed by atoms with Crippen molar-refractivity contribution in [3.8, 4) is 11.1 Å². The van der Waals surface area contributed by atoms with Gasteiger partial charge in [-0.05, 0) is 24.7 Å². The monoisotopic (exact) mass is 309 g/mol. The topological polar surface area (TPSA) is 68.0 Å². The van der Waals surface area contributed by atoms with E-state index in [1.165, 1.54) is 5.69 Å². The first-order chi connectivity index (χ1) is 11.2. The molecule has 2 N–H and O–H groups in total. The van der Waals surface area contributed by atoms with Crippen LogP contribution in [0.5, 0.6) is 0 Å². The molecule has 1 saturated heterocycles. The number of piperazine rings is 1. The zero-order valence-electron chi connectivity index (χ0n) is 13.0. The molecule has 0 aliphatic carbocycles. The van der Waals surface area contributed by atoms with Gasteiger partial charge < -0.3 is 19.8 Å². The van der Waals surface area contributed by atoms with E-state index < -0.39 is 0 Å². The van der Waals surface area contributed by atoms with Gasteiger partial charge in [-0.3, -0.25) is 4.79 Å². The summed E-state index contributed by atoms with van der Waals surface area (Å²) in [5.41, 5.74) is 3.87. The standard InChI is InChI=1S/C17H19N5O/c1-21-6-8-22(9-7-21)14-3-5-19-17-16(14)13(11-20-17)12-2-4-18-15(23)10-12/h2-5,10-11H,6-9H2,1H3,(H,18,23)(H,19,20). The molecule has 0 atom stereocenters. The number of nitrogens with one attached hydrogen (secondary N) is 2. The summed E-state index contributed by atoms with van der Waals surface area (Å²) < 4.78 is 0. The highest BCUT2D eigenvalue weighted by molar-refractivity contribution is 6.02. The van der Waals surface area contributed by atoms with Crippen LogP contribution in [0.1, 0.15) is 0 Å². The highest BCUT2D eigenvalue weighted by Gasteiger charge is 2.19. The van der Waals surface area contributed by atoms with Gasteiger partial charge in [-0.1, -0.05) is 0 Å². The van der Waals surface area contributed by atoms with Crippen molar-refractivity contribution in [2.75, 3.05) is 38.1 Å². The molecule has 1 aliphatic rings. The molecule has 4 heterocycles. The van der Waals surface area contributed by atoms with Gasteiger partial charge in [0, 0.05) is 61.8 Å². The largest absolute Gasteiger partial charge is 0.368 e. The Labute approximate surface area is 133 Å². The number of fused-ring (bicyclic) bond motifs is 1. The molecular weight excluding hydrogens is 290 g/mol. The second-order valence-corrected chi connectivity index (χ2v) is 5.99. The molecule has 0 unspecified atom stereocenters. The van der Waals surface area contributed by atoms with E-state index in [9.17, 15) is 4.79 Å². The molecule has 3 aromatic heterocycles. The van der Waals surface area contributed by atoms with E-state index in [1.807, 2.05) is 18.5 Å². The van der Waals surface area contributed by atoms with E-state index in [-0.39, 0.29) is 5.56 Å². The summed E-state index contributed by atoms with van der Waals surface area (Å²) in [5.74, 6) is 0. The molecule has 0 amide bonds. The normalized spacial score (nSPS) is 16.1. The van der Waals surface area contributed by atoms with Crippen molar-refractivity contribution in [2.24, 2.45) is 0 Å². The van der Waals surface area contributed by atoms with Crippen molar-refractivity contribution in [2.45, 2.75) is 0 Å². The van der Waals surface area contributed by atoms with Crippen LogP contribution in [0, 0.1) is 0 Å². The molecule has 1 aliphatic heterocycles. The lowest BCUT2D eigenvalue weighted by Crippen LogP contribution is -2.44. The van der Waals surface area contributed by atoms with Crippen molar-refractivity contribution in [1.29, 1.82) is 0 Å². The third kappa shape index (κ3) is 2.51. The van der Waals surface area contributed by atoms with Crippen LogP contribution < -0.4 is 10.5 Å². The fourth-order valence-corrected chi connectivity index (χ4v) is 3.19. The number of aromatic nitrogens is 3. The maximum Gasteiger partial charge on any atom is 0.248 e. The second kappa shape index (κ2) is 5.55. The molecule has 1 fully saturated rings. The van der Waals surface area contributed by atoms with Crippen LogP contribution in [0.3, 0.4) is 0 Å². The minimum Gasteiger partial charge on any atom is -0.368 e. The number of anilines is 1. The molecule has 0 bridgehead atoms. The molecule has 6 heteroatoms. The molecular formula is C17H19N5O. The average molecular weight is 309 g/mol. The van der Waals surface area contributed by atoms with Crippen LogP contribution in [-0.2, 0) is 0 Å². The van der Waals surface area contributed by atoms with Gasteiger partial charge in [0.05, 0.1) is 5.69 Å². The zero-order chi connectivity index (χ0) is 15.8. The quantitative estimate of drug-likeness (QED) is 0.755. The third-order valence-electron chi connectivity index (χ3n) is 4.48. The number of hydrogen-bond acceptors (Lipinski definition) is 4. The summed E-state index contributed by atoms with van der Waals surface area (Å²) in [6, 6.07) is 5.62. The Morgan fingerprint density at radius 1 is 1.13 bits per heavy atom. The van der Waals surface area contributed by atoms with Gasteiger partial charge in [0.2, 0.25) is 5.56 Å².